The molecule has 4 rings (SSSR count). The van der Waals surface area contributed by atoms with Gasteiger partial charge in [-0.25, -0.2) is 4.79 Å². The molecule has 0 unspecified atom stereocenters. The fourth-order valence-electron chi connectivity index (χ4n) is 3.53. The lowest BCUT2D eigenvalue weighted by Crippen LogP contribution is -2.41. The van der Waals surface area contributed by atoms with Crippen molar-refractivity contribution in [1.29, 1.82) is 0 Å². The molecule has 2 aliphatic rings. The van der Waals surface area contributed by atoms with Crippen molar-refractivity contribution < 1.29 is 23.8 Å². The maximum Gasteiger partial charge on any atom is 0.325 e. The molecule has 2 heterocycles. The van der Waals surface area contributed by atoms with Crippen LogP contribution in [-0.2, 0) is 10.3 Å². The topological polar surface area (TPSA) is 77.1 Å². The van der Waals surface area contributed by atoms with Crippen molar-refractivity contribution in [1.82, 2.24) is 10.2 Å². The molecule has 7 heteroatoms. The highest BCUT2D eigenvalue weighted by atomic mass is 16.5. The molecule has 0 aliphatic carbocycles. The zero-order chi connectivity index (χ0) is 20.4. The van der Waals surface area contributed by atoms with Crippen LogP contribution in [0.15, 0.2) is 42.5 Å². The molecule has 2 aliphatic heterocycles. The first-order valence-electron chi connectivity index (χ1n) is 9.71. The highest BCUT2D eigenvalue weighted by Gasteiger charge is 2.49. The number of nitrogens with one attached hydrogen (secondary N) is 1. The fraction of sp³-hybridized carbons (Fsp3) is 0.364. The van der Waals surface area contributed by atoms with Crippen LogP contribution in [0, 0.1) is 6.92 Å². The van der Waals surface area contributed by atoms with E-state index < -0.39 is 11.6 Å². The van der Waals surface area contributed by atoms with Crippen LogP contribution in [0.4, 0.5) is 4.79 Å². The summed E-state index contributed by atoms with van der Waals surface area (Å²) < 4.78 is 17.1. The monoisotopic (exact) mass is 396 g/mol. The van der Waals surface area contributed by atoms with Gasteiger partial charge in [-0.05, 0) is 49.2 Å². The average Bonchev–Trinajstić information content (AvgIpc) is 2.86. The molecule has 1 N–H and O–H groups in total. The van der Waals surface area contributed by atoms with E-state index in [2.05, 4.69) is 5.32 Å². The Morgan fingerprint density at radius 2 is 1.90 bits per heavy atom. The number of ether oxygens (including phenoxy) is 3. The van der Waals surface area contributed by atoms with Gasteiger partial charge in [0, 0.05) is 6.42 Å². The maximum absolute atomic E-state index is 13.1. The molecule has 29 heavy (non-hydrogen) atoms. The smallest absolute Gasteiger partial charge is 0.325 e. The number of benzene rings is 2. The highest BCUT2D eigenvalue weighted by molar-refractivity contribution is 6.07. The Morgan fingerprint density at radius 1 is 1.10 bits per heavy atom. The van der Waals surface area contributed by atoms with Gasteiger partial charge < -0.3 is 19.5 Å². The summed E-state index contributed by atoms with van der Waals surface area (Å²) in [5, 5.41) is 2.81. The number of imide groups is 1. The number of aryl methyl sites for hydroxylation is 1. The van der Waals surface area contributed by atoms with Crippen molar-refractivity contribution in [3.05, 3.63) is 53.6 Å². The Bertz CT molecular complexity index is 945. The molecular weight excluding hydrogens is 372 g/mol. The first kappa shape index (κ1) is 19.1. The molecule has 1 atom stereocenters. The van der Waals surface area contributed by atoms with Crippen molar-refractivity contribution in [3.8, 4) is 17.2 Å². The highest BCUT2D eigenvalue weighted by Crippen LogP contribution is 2.36. The van der Waals surface area contributed by atoms with Gasteiger partial charge in [0.15, 0.2) is 11.5 Å². The largest absolute Gasteiger partial charge is 0.492 e. The van der Waals surface area contributed by atoms with E-state index in [-0.39, 0.29) is 19.1 Å². The van der Waals surface area contributed by atoms with Gasteiger partial charge in [-0.15, -0.1) is 0 Å². The van der Waals surface area contributed by atoms with Crippen LogP contribution in [-0.4, -0.2) is 43.2 Å². The van der Waals surface area contributed by atoms with E-state index in [9.17, 15) is 9.59 Å². The summed E-state index contributed by atoms with van der Waals surface area (Å²) in [5.41, 5.74) is 0.576. The van der Waals surface area contributed by atoms with E-state index >= 15 is 0 Å². The number of urea groups is 1. The number of carbonyl (C=O) groups is 2. The Labute approximate surface area is 169 Å². The minimum Gasteiger partial charge on any atom is -0.492 e. The molecule has 152 valence electrons. The van der Waals surface area contributed by atoms with E-state index in [4.69, 9.17) is 14.2 Å². The predicted octanol–water partition coefficient (Wildman–Crippen LogP) is 3.00. The summed E-state index contributed by atoms with van der Waals surface area (Å²) >= 11 is 0. The van der Waals surface area contributed by atoms with E-state index in [1.807, 2.05) is 31.2 Å². The van der Waals surface area contributed by atoms with Gasteiger partial charge in [-0.2, -0.15) is 0 Å². The van der Waals surface area contributed by atoms with Gasteiger partial charge >= 0.3 is 6.03 Å². The van der Waals surface area contributed by atoms with Crippen LogP contribution in [0.25, 0.3) is 0 Å². The normalized spacial score (nSPS) is 21.0. The second-order valence-corrected chi connectivity index (χ2v) is 7.39. The minimum absolute atomic E-state index is 0.165. The summed E-state index contributed by atoms with van der Waals surface area (Å²) in [6.45, 7) is 5.21. The Morgan fingerprint density at radius 3 is 2.69 bits per heavy atom. The van der Waals surface area contributed by atoms with Crippen molar-refractivity contribution in [2.45, 2.75) is 25.8 Å². The molecule has 1 saturated heterocycles. The van der Waals surface area contributed by atoms with E-state index in [0.717, 1.165) is 12.0 Å². The van der Waals surface area contributed by atoms with Crippen LogP contribution in [0.5, 0.6) is 17.2 Å². The van der Waals surface area contributed by atoms with Crippen molar-refractivity contribution in [2.75, 3.05) is 26.4 Å². The van der Waals surface area contributed by atoms with Crippen molar-refractivity contribution in [2.24, 2.45) is 0 Å². The lowest BCUT2D eigenvalue weighted by Gasteiger charge is -2.23. The van der Waals surface area contributed by atoms with Gasteiger partial charge in [0.1, 0.15) is 17.9 Å². The molecule has 0 bridgehead atoms. The first-order chi connectivity index (χ1) is 14.0. The molecule has 2 aromatic rings. The van der Waals surface area contributed by atoms with E-state index in [1.54, 1.807) is 25.1 Å². The summed E-state index contributed by atoms with van der Waals surface area (Å²) in [5.74, 6) is 1.63. The van der Waals surface area contributed by atoms with Crippen molar-refractivity contribution in [3.63, 3.8) is 0 Å². The number of fused-ring (bicyclic) bond motifs is 1. The van der Waals surface area contributed by atoms with Crippen LogP contribution in [0.2, 0.25) is 0 Å². The van der Waals surface area contributed by atoms with E-state index in [0.29, 0.717) is 36.0 Å². The van der Waals surface area contributed by atoms with E-state index in [1.165, 1.54) is 4.90 Å². The summed E-state index contributed by atoms with van der Waals surface area (Å²) in [4.78, 5) is 26.8. The predicted molar refractivity (Wildman–Crippen MR) is 106 cm³/mol. The number of nitrogens with zero attached hydrogens (tertiary/aromatic N) is 1. The van der Waals surface area contributed by atoms with Gasteiger partial charge in [-0.1, -0.05) is 18.2 Å². The summed E-state index contributed by atoms with van der Waals surface area (Å²) in [6, 6.07) is 12.5. The van der Waals surface area contributed by atoms with Gasteiger partial charge in [-0.3, -0.25) is 9.69 Å². The van der Waals surface area contributed by atoms with Gasteiger partial charge in [0.2, 0.25) is 0 Å². The summed E-state index contributed by atoms with van der Waals surface area (Å²) in [6.07, 6.45) is 0.797. The fourth-order valence-corrected chi connectivity index (χ4v) is 3.53. The molecule has 0 saturated carbocycles. The van der Waals surface area contributed by atoms with Crippen LogP contribution in [0.3, 0.4) is 0 Å². The number of carbonyl (C=O) groups excluding carboxylic acids is 2. The van der Waals surface area contributed by atoms with Gasteiger partial charge in [0.25, 0.3) is 5.91 Å². The molecule has 0 spiro atoms. The SMILES string of the molecule is Cc1cccc(OCCN2C(=O)N[C@@](C)(c3ccc4c(c3)OCCCO4)C2=O)c1. The average molecular weight is 396 g/mol. The second kappa shape index (κ2) is 7.66. The lowest BCUT2D eigenvalue weighted by molar-refractivity contribution is -0.131. The third-order valence-electron chi connectivity index (χ3n) is 5.17. The van der Waals surface area contributed by atoms with Crippen molar-refractivity contribution >= 4 is 11.9 Å². The Kier molecular flexibility index (Phi) is 5.05. The first-order valence-corrected chi connectivity index (χ1v) is 9.71. The molecule has 3 amide bonds. The molecular formula is C22H24N2O5. The number of hydrogen-bond acceptors (Lipinski definition) is 5. The summed E-state index contributed by atoms with van der Waals surface area (Å²) in [7, 11) is 0. The quantitative estimate of drug-likeness (QED) is 0.787. The molecule has 1 fully saturated rings. The minimum atomic E-state index is -1.16. The maximum atomic E-state index is 13.1. The van der Waals surface area contributed by atoms with Crippen LogP contribution < -0.4 is 19.5 Å². The third-order valence-corrected chi connectivity index (χ3v) is 5.17. The third kappa shape index (κ3) is 3.72. The zero-order valence-corrected chi connectivity index (χ0v) is 16.6. The second-order valence-electron chi connectivity index (χ2n) is 7.39. The van der Waals surface area contributed by atoms with Crippen LogP contribution in [0.1, 0.15) is 24.5 Å². The molecule has 0 radical (unpaired) electrons. The number of amides is 3. The zero-order valence-electron chi connectivity index (χ0n) is 16.6. The molecule has 7 nitrogen and oxygen atoms in total. The number of rotatable bonds is 5. The Hall–Kier alpha value is -3.22. The lowest BCUT2D eigenvalue weighted by atomic mass is 9.91. The molecule has 2 aromatic carbocycles. The van der Waals surface area contributed by atoms with Gasteiger partial charge in [0.05, 0.1) is 19.8 Å². The van der Waals surface area contributed by atoms with Crippen LogP contribution >= 0.6 is 0 Å². The Balaban J connectivity index is 1.47. The number of hydrogen-bond donors (Lipinski definition) is 1. The molecule has 0 aromatic heterocycles. The standard InChI is InChI=1S/C22H24N2O5/c1-15-5-3-6-17(13-15)27-12-9-24-20(25)22(2,23-21(24)26)16-7-8-18-19(14-16)29-11-4-10-28-18/h3,5-8,13-14H,4,9-12H2,1-2H3,(H,23,26)/t22-/m0/s1.